The summed E-state index contributed by atoms with van der Waals surface area (Å²) in [5.74, 6) is -3.78. The molecule has 0 aromatic rings. The third kappa shape index (κ3) is 8.44. The largest absolute Gasteiger partial charge is 0.480 e. The van der Waals surface area contributed by atoms with E-state index in [1.165, 1.54) is 0 Å². The van der Waals surface area contributed by atoms with Crippen molar-refractivity contribution >= 4 is 36.4 Å². The standard InChI is InChI=1S/C11H19N3O7S/c15-5-13-6(11(20)21)1-2-8(16)14-7(4-22)10(19)12-3-9(17)18/h6-7,13,15,22H,1-5H2,(H,12,19)(H,14,16)(H,17,18)(H,20,21)/t6-,7-/m0/s1. The number of hydrogen-bond donors (Lipinski definition) is 7. The molecule has 0 bridgehead atoms. The number of rotatable bonds is 11. The highest BCUT2D eigenvalue weighted by atomic mass is 32.1. The molecule has 2 amide bonds. The number of aliphatic hydroxyl groups excluding tert-OH is 1. The highest BCUT2D eigenvalue weighted by Crippen LogP contribution is 1.99. The molecule has 0 heterocycles. The molecule has 0 rings (SSSR count). The van der Waals surface area contributed by atoms with Gasteiger partial charge in [-0.1, -0.05) is 0 Å². The molecule has 0 aliphatic heterocycles. The maximum atomic E-state index is 11.7. The molecule has 10 nitrogen and oxygen atoms in total. The van der Waals surface area contributed by atoms with Gasteiger partial charge in [-0.3, -0.25) is 24.5 Å². The van der Waals surface area contributed by atoms with Gasteiger partial charge in [0.15, 0.2) is 0 Å². The Hall–Kier alpha value is -1.85. The number of thiol groups is 1. The second-order valence-electron chi connectivity index (χ2n) is 4.21. The van der Waals surface area contributed by atoms with E-state index in [4.69, 9.17) is 15.3 Å². The quantitative estimate of drug-likeness (QED) is 0.159. The van der Waals surface area contributed by atoms with Crippen LogP contribution in [0.1, 0.15) is 12.8 Å². The summed E-state index contributed by atoms with van der Waals surface area (Å²) in [5, 5.41) is 32.6. The van der Waals surface area contributed by atoms with Crippen molar-refractivity contribution in [3.05, 3.63) is 0 Å². The summed E-state index contributed by atoms with van der Waals surface area (Å²) in [7, 11) is 0. The molecule has 0 saturated carbocycles. The van der Waals surface area contributed by atoms with E-state index >= 15 is 0 Å². The molecule has 0 spiro atoms. The van der Waals surface area contributed by atoms with Crippen molar-refractivity contribution in [3.8, 4) is 0 Å². The van der Waals surface area contributed by atoms with Gasteiger partial charge in [-0.15, -0.1) is 0 Å². The molecule has 0 aliphatic rings. The molecule has 0 aromatic carbocycles. The van der Waals surface area contributed by atoms with E-state index in [2.05, 4.69) is 28.6 Å². The average molecular weight is 337 g/mol. The molecule has 0 aliphatic carbocycles. The monoisotopic (exact) mass is 337 g/mol. The molecule has 0 radical (unpaired) electrons. The van der Waals surface area contributed by atoms with Crippen molar-refractivity contribution in [2.45, 2.75) is 24.9 Å². The van der Waals surface area contributed by atoms with Crippen LogP contribution in [0.4, 0.5) is 0 Å². The predicted octanol–water partition coefficient (Wildman–Crippen LogP) is -2.63. The van der Waals surface area contributed by atoms with Crippen LogP contribution in [0.5, 0.6) is 0 Å². The molecule has 11 heteroatoms. The van der Waals surface area contributed by atoms with Gasteiger partial charge >= 0.3 is 11.9 Å². The lowest BCUT2D eigenvalue weighted by atomic mass is 10.1. The highest BCUT2D eigenvalue weighted by molar-refractivity contribution is 7.80. The van der Waals surface area contributed by atoms with Gasteiger partial charge < -0.3 is 26.0 Å². The Morgan fingerprint density at radius 2 is 1.73 bits per heavy atom. The number of carboxylic acids is 2. The van der Waals surface area contributed by atoms with Crippen LogP contribution in [0, 0.1) is 0 Å². The fourth-order valence-electron chi connectivity index (χ4n) is 1.45. The van der Waals surface area contributed by atoms with Gasteiger partial charge in [0, 0.05) is 12.2 Å². The molecule has 2 atom stereocenters. The van der Waals surface area contributed by atoms with Gasteiger partial charge in [0.25, 0.3) is 0 Å². The summed E-state index contributed by atoms with van der Waals surface area (Å²) in [6.07, 6.45) is -0.280. The Labute approximate surface area is 131 Å². The van der Waals surface area contributed by atoms with Crippen molar-refractivity contribution in [1.29, 1.82) is 0 Å². The smallest absolute Gasteiger partial charge is 0.322 e. The summed E-state index contributed by atoms with van der Waals surface area (Å²) in [5.41, 5.74) is 0. The maximum Gasteiger partial charge on any atom is 0.322 e. The average Bonchev–Trinajstić information content (AvgIpc) is 2.46. The summed E-state index contributed by atoms with van der Waals surface area (Å²) in [6.45, 7) is -1.13. The first kappa shape index (κ1) is 20.1. The van der Waals surface area contributed by atoms with Gasteiger partial charge in [0.05, 0.1) is 6.73 Å². The zero-order valence-electron chi connectivity index (χ0n) is 11.6. The van der Waals surface area contributed by atoms with Gasteiger partial charge in [-0.2, -0.15) is 12.6 Å². The van der Waals surface area contributed by atoms with E-state index in [1.54, 1.807) is 0 Å². The van der Waals surface area contributed by atoms with Crippen molar-refractivity contribution in [3.63, 3.8) is 0 Å². The molecular weight excluding hydrogens is 318 g/mol. The molecule has 22 heavy (non-hydrogen) atoms. The maximum absolute atomic E-state index is 11.7. The SMILES string of the molecule is O=C(O)CNC(=O)[C@H](CS)NC(=O)CC[C@H](NCO)C(=O)O. The number of aliphatic hydroxyl groups is 1. The highest BCUT2D eigenvalue weighted by Gasteiger charge is 2.22. The molecule has 0 aromatic heterocycles. The summed E-state index contributed by atoms with van der Waals surface area (Å²) >= 11 is 3.89. The lowest BCUT2D eigenvalue weighted by molar-refractivity contribution is -0.140. The Kier molecular flexibility index (Phi) is 9.91. The summed E-state index contributed by atoms with van der Waals surface area (Å²) < 4.78 is 0. The normalized spacial score (nSPS) is 13.0. The van der Waals surface area contributed by atoms with Crippen LogP contribution in [-0.4, -0.2) is 70.2 Å². The summed E-state index contributed by atoms with van der Waals surface area (Å²) in [4.78, 5) is 44.4. The number of nitrogens with one attached hydrogen (secondary N) is 3. The van der Waals surface area contributed by atoms with Crippen molar-refractivity contribution < 1.29 is 34.5 Å². The van der Waals surface area contributed by atoms with Gasteiger partial charge in [0.1, 0.15) is 18.6 Å². The third-order valence-electron chi connectivity index (χ3n) is 2.54. The Morgan fingerprint density at radius 1 is 1.09 bits per heavy atom. The number of carboxylic acid groups (broad SMARTS) is 2. The number of amides is 2. The lowest BCUT2D eigenvalue weighted by Gasteiger charge is -2.17. The van der Waals surface area contributed by atoms with Crippen LogP contribution in [0.2, 0.25) is 0 Å². The molecule has 6 N–H and O–H groups in total. The van der Waals surface area contributed by atoms with Crippen molar-refractivity contribution in [1.82, 2.24) is 16.0 Å². The Bertz CT molecular complexity index is 418. The Balaban J connectivity index is 4.33. The molecule has 126 valence electrons. The van der Waals surface area contributed by atoms with Gasteiger partial charge in [-0.25, -0.2) is 0 Å². The first-order valence-electron chi connectivity index (χ1n) is 6.28. The first-order chi connectivity index (χ1) is 10.3. The summed E-state index contributed by atoms with van der Waals surface area (Å²) in [6, 6.07) is -2.12. The molecule has 0 fully saturated rings. The van der Waals surface area contributed by atoms with E-state index in [9.17, 15) is 19.2 Å². The number of aliphatic carboxylic acids is 2. The number of carbonyl (C=O) groups is 4. The van der Waals surface area contributed by atoms with E-state index in [0.717, 1.165) is 0 Å². The first-order valence-corrected chi connectivity index (χ1v) is 6.91. The molecule has 0 saturated heterocycles. The number of hydrogen-bond acceptors (Lipinski definition) is 7. The molecular formula is C11H19N3O7S. The minimum absolute atomic E-state index is 0.0472. The zero-order chi connectivity index (χ0) is 17.1. The van der Waals surface area contributed by atoms with E-state index in [1.807, 2.05) is 0 Å². The van der Waals surface area contributed by atoms with Gasteiger partial charge in [0.2, 0.25) is 11.8 Å². The van der Waals surface area contributed by atoms with Crippen LogP contribution < -0.4 is 16.0 Å². The van der Waals surface area contributed by atoms with Crippen LogP contribution in [0.3, 0.4) is 0 Å². The Morgan fingerprint density at radius 3 is 2.18 bits per heavy atom. The minimum atomic E-state index is -1.23. The topological polar surface area (TPSA) is 165 Å². The second kappa shape index (κ2) is 10.8. The van der Waals surface area contributed by atoms with Crippen LogP contribution >= 0.6 is 12.6 Å². The number of carbonyl (C=O) groups excluding carboxylic acids is 2. The van der Waals surface area contributed by atoms with Crippen LogP contribution in [-0.2, 0) is 19.2 Å². The van der Waals surface area contributed by atoms with E-state index in [-0.39, 0.29) is 18.6 Å². The fourth-order valence-corrected chi connectivity index (χ4v) is 1.70. The zero-order valence-corrected chi connectivity index (χ0v) is 12.5. The fraction of sp³-hybridized carbons (Fsp3) is 0.636. The van der Waals surface area contributed by atoms with E-state index in [0.29, 0.717) is 0 Å². The second-order valence-corrected chi connectivity index (χ2v) is 4.57. The predicted molar refractivity (Wildman–Crippen MR) is 77.3 cm³/mol. The van der Waals surface area contributed by atoms with Crippen LogP contribution in [0.25, 0.3) is 0 Å². The van der Waals surface area contributed by atoms with E-state index < -0.39 is 49.1 Å². The molecule has 0 unspecified atom stereocenters. The van der Waals surface area contributed by atoms with Crippen LogP contribution in [0.15, 0.2) is 0 Å². The lowest BCUT2D eigenvalue weighted by Crippen LogP contribution is -2.49. The van der Waals surface area contributed by atoms with Crippen molar-refractivity contribution in [2.24, 2.45) is 0 Å². The van der Waals surface area contributed by atoms with Crippen molar-refractivity contribution in [2.75, 3.05) is 19.0 Å². The third-order valence-corrected chi connectivity index (χ3v) is 2.91. The minimum Gasteiger partial charge on any atom is -0.480 e. The van der Waals surface area contributed by atoms with Gasteiger partial charge in [-0.05, 0) is 6.42 Å².